The summed E-state index contributed by atoms with van der Waals surface area (Å²) in [5.74, 6) is -1.21. The fourth-order valence-corrected chi connectivity index (χ4v) is 2.27. The van der Waals surface area contributed by atoms with Crippen LogP contribution in [0.4, 0.5) is 5.69 Å². The number of nitrogens with zero attached hydrogens (tertiary/aromatic N) is 1. The first-order valence-electron chi connectivity index (χ1n) is 7.33. The quantitative estimate of drug-likeness (QED) is 0.483. The van der Waals surface area contributed by atoms with E-state index in [1.165, 1.54) is 24.3 Å². The highest BCUT2D eigenvalue weighted by atomic mass is 35.5. The van der Waals surface area contributed by atoms with Gasteiger partial charge in [-0.15, -0.1) is 0 Å². The molecule has 0 spiro atoms. The number of rotatable bonds is 6. The molecule has 7 nitrogen and oxygen atoms in total. The summed E-state index contributed by atoms with van der Waals surface area (Å²) in [5.41, 5.74) is 0.813. The monoisotopic (exact) mass is 362 g/mol. The van der Waals surface area contributed by atoms with Gasteiger partial charge < -0.3 is 10.1 Å². The molecular weight excluding hydrogens is 348 g/mol. The van der Waals surface area contributed by atoms with Crippen LogP contribution < -0.4 is 5.32 Å². The van der Waals surface area contributed by atoms with Gasteiger partial charge in [-0.2, -0.15) is 0 Å². The van der Waals surface area contributed by atoms with Crippen molar-refractivity contribution in [3.63, 3.8) is 0 Å². The Morgan fingerprint density at radius 3 is 2.52 bits per heavy atom. The molecule has 1 atom stereocenters. The summed E-state index contributed by atoms with van der Waals surface area (Å²) in [4.78, 5) is 33.7. The Bertz CT molecular complexity index is 792. The number of carbonyl (C=O) groups excluding carboxylic acids is 2. The molecule has 1 amide bonds. The van der Waals surface area contributed by atoms with Crippen molar-refractivity contribution in [1.82, 2.24) is 5.32 Å². The predicted octanol–water partition coefficient (Wildman–Crippen LogP) is 3.28. The summed E-state index contributed by atoms with van der Waals surface area (Å²) < 4.78 is 4.90. The van der Waals surface area contributed by atoms with E-state index in [2.05, 4.69) is 5.32 Å². The van der Waals surface area contributed by atoms with Crippen molar-refractivity contribution in [3.05, 3.63) is 74.8 Å². The number of nitrogens with one attached hydrogen (secondary N) is 1. The van der Waals surface area contributed by atoms with Crippen molar-refractivity contribution in [2.45, 2.75) is 13.0 Å². The second-order valence-corrected chi connectivity index (χ2v) is 5.66. The van der Waals surface area contributed by atoms with E-state index >= 15 is 0 Å². The molecule has 8 heteroatoms. The van der Waals surface area contributed by atoms with E-state index in [4.69, 9.17) is 16.3 Å². The van der Waals surface area contributed by atoms with E-state index in [0.29, 0.717) is 5.02 Å². The molecule has 0 bridgehead atoms. The zero-order valence-corrected chi connectivity index (χ0v) is 14.0. The number of nitro groups is 1. The molecule has 1 N–H and O–H groups in total. The summed E-state index contributed by atoms with van der Waals surface area (Å²) in [6.07, 6.45) is 0. The number of hydrogen-bond acceptors (Lipinski definition) is 5. The van der Waals surface area contributed by atoms with Crippen LogP contribution in [0.1, 0.15) is 28.9 Å². The molecule has 0 saturated heterocycles. The lowest BCUT2D eigenvalue weighted by molar-refractivity contribution is -0.384. The third-order valence-corrected chi connectivity index (χ3v) is 3.61. The van der Waals surface area contributed by atoms with Gasteiger partial charge in [-0.25, -0.2) is 4.79 Å². The van der Waals surface area contributed by atoms with Crippen LogP contribution in [-0.2, 0) is 9.53 Å². The first-order chi connectivity index (χ1) is 11.9. The smallest absolute Gasteiger partial charge is 0.338 e. The lowest BCUT2D eigenvalue weighted by atomic mass is 10.1. The minimum absolute atomic E-state index is 0.126. The first-order valence-corrected chi connectivity index (χ1v) is 7.71. The zero-order valence-electron chi connectivity index (χ0n) is 13.3. The molecule has 0 fully saturated rings. The second-order valence-electron chi connectivity index (χ2n) is 5.22. The Labute approximate surface area is 148 Å². The van der Waals surface area contributed by atoms with Crippen molar-refractivity contribution in [3.8, 4) is 0 Å². The molecule has 0 aliphatic carbocycles. The zero-order chi connectivity index (χ0) is 18.4. The molecule has 0 unspecified atom stereocenters. The molecule has 0 saturated carbocycles. The Morgan fingerprint density at radius 1 is 1.24 bits per heavy atom. The van der Waals surface area contributed by atoms with E-state index in [9.17, 15) is 19.7 Å². The van der Waals surface area contributed by atoms with Crippen molar-refractivity contribution in [1.29, 1.82) is 0 Å². The third-order valence-electron chi connectivity index (χ3n) is 3.37. The summed E-state index contributed by atoms with van der Waals surface area (Å²) in [6, 6.07) is 11.7. The summed E-state index contributed by atoms with van der Waals surface area (Å²) in [5, 5.41) is 13.8. The predicted molar refractivity (Wildman–Crippen MR) is 91.4 cm³/mol. The number of hydrogen-bond donors (Lipinski definition) is 1. The molecule has 25 heavy (non-hydrogen) atoms. The van der Waals surface area contributed by atoms with E-state index in [0.717, 1.165) is 5.56 Å². The average Bonchev–Trinajstić information content (AvgIpc) is 2.59. The highest BCUT2D eigenvalue weighted by molar-refractivity contribution is 6.30. The van der Waals surface area contributed by atoms with Gasteiger partial charge in [0.1, 0.15) is 0 Å². The maximum Gasteiger partial charge on any atom is 0.338 e. The number of carbonyl (C=O) groups is 2. The molecule has 0 radical (unpaired) electrons. The minimum atomic E-state index is -0.736. The van der Waals surface area contributed by atoms with Crippen LogP contribution in [0.5, 0.6) is 0 Å². The van der Waals surface area contributed by atoms with Crippen molar-refractivity contribution < 1.29 is 19.2 Å². The van der Waals surface area contributed by atoms with Crippen LogP contribution in [0.3, 0.4) is 0 Å². The van der Waals surface area contributed by atoms with Crippen molar-refractivity contribution in [2.24, 2.45) is 0 Å². The topological polar surface area (TPSA) is 98.5 Å². The van der Waals surface area contributed by atoms with E-state index in [-0.39, 0.29) is 17.3 Å². The largest absolute Gasteiger partial charge is 0.452 e. The number of esters is 1. The van der Waals surface area contributed by atoms with Crippen LogP contribution in [0, 0.1) is 10.1 Å². The first kappa shape index (κ1) is 18.4. The average molecular weight is 363 g/mol. The number of benzene rings is 2. The maximum atomic E-state index is 11.9. The normalized spacial score (nSPS) is 11.4. The van der Waals surface area contributed by atoms with Gasteiger partial charge in [0.05, 0.1) is 16.5 Å². The van der Waals surface area contributed by atoms with Gasteiger partial charge in [0.15, 0.2) is 6.61 Å². The third kappa shape index (κ3) is 5.29. The van der Waals surface area contributed by atoms with Crippen molar-refractivity contribution in [2.75, 3.05) is 6.61 Å². The van der Waals surface area contributed by atoms with Crippen LogP contribution in [-0.4, -0.2) is 23.4 Å². The van der Waals surface area contributed by atoms with Gasteiger partial charge in [0.25, 0.3) is 11.6 Å². The van der Waals surface area contributed by atoms with E-state index in [1.54, 1.807) is 25.1 Å². The number of halogens is 1. The lowest BCUT2D eigenvalue weighted by Crippen LogP contribution is -2.31. The highest BCUT2D eigenvalue weighted by Crippen LogP contribution is 2.17. The minimum Gasteiger partial charge on any atom is -0.452 e. The lowest BCUT2D eigenvalue weighted by Gasteiger charge is -2.14. The van der Waals surface area contributed by atoms with Gasteiger partial charge in [-0.1, -0.05) is 23.7 Å². The van der Waals surface area contributed by atoms with Gasteiger partial charge >= 0.3 is 5.97 Å². The molecule has 130 valence electrons. The molecule has 0 aromatic heterocycles. The molecule has 0 heterocycles. The Hall–Kier alpha value is -2.93. The molecule has 0 aliphatic heterocycles. The Kier molecular flexibility index (Phi) is 6.08. The fraction of sp³-hybridized carbons (Fsp3) is 0.176. The SMILES string of the molecule is C[C@H](NC(=O)COC(=O)c1ccc([N+](=O)[O-])cc1)c1cccc(Cl)c1. The Morgan fingerprint density at radius 2 is 1.92 bits per heavy atom. The van der Waals surface area contributed by atoms with E-state index < -0.39 is 23.4 Å². The number of ether oxygens (including phenoxy) is 1. The summed E-state index contributed by atoms with van der Waals surface area (Å²) >= 11 is 5.90. The van der Waals surface area contributed by atoms with Gasteiger partial charge in [-0.05, 0) is 36.8 Å². The molecular formula is C17H15ClN2O5. The highest BCUT2D eigenvalue weighted by Gasteiger charge is 2.14. The molecule has 0 aliphatic rings. The number of nitro benzene ring substituents is 1. The van der Waals surface area contributed by atoms with Gasteiger partial charge in [0, 0.05) is 17.2 Å². The van der Waals surface area contributed by atoms with Gasteiger partial charge in [-0.3, -0.25) is 14.9 Å². The second kappa shape index (κ2) is 8.25. The standard InChI is InChI=1S/C17H15ClN2O5/c1-11(13-3-2-4-14(18)9-13)19-16(21)10-25-17(22)12-5-7-15(8-6-12)20(23)24/h2-9,11H,10H2,1H3,(H,19,21)/t11-/m0/s1. The number of non-ortho nitro benzene ring substituents is 1. The summed E-state index contributed by atoms with van der Waals surface area (Å²) in [6.45, 7) is 1.32. The fourth-order valence-electron chi connectivity index (χ4n) is 2.08. The van der Waals surface area contributed by atoms with Crippen LogP contribution in [0.15, 0.2) is 48.5 Å². The summed E-state index contributed by atoms with van der Waals surface area (Å²) in [7, 11) is 0. The van der Waals surface area contributed by atoms with Crippen molar-refractivity contribution >= 4 is 29.2 Å². The molecule has 2 aromatic carbocycles. The van der Waals surface area contributed by atoms with Crippen LogP contribution in [0.2, 0.25) is 5.02 Å². The van der Waals surface area contributed by atoms with E-state index in [1.807, 2.05) is 6.07 Å². The van der Waals surface area contributed by atoms with Gasteiger partial charge in [0.2, 0.25) is 0 Å². The maximum absolute atomic E-state index is 11.9. The molecule has 2 aromatic rings. The molecule has 2 rings (SSSR count). The Balaban J connectivity index is 1.86. The van der Waals surface area contributed by atoms with Crippen LogP contribution >= 0.6 is 11.6 Å². The number of amides is 1. The van der Waals surface area contributed by atoms with Crippen LogP contribution in [0.25, 0.3) is 0 Å².